The van der Waals surface area contributed by atoms with Crippen molar-refractivity contribution in [1.29, 1.82) is 0 Å². The number of hydrogen-bond donors (Lipinski definition) is 4. The van der Waals surface area contributed by atoms with E-state index in [4.69, 9.17) is 0 Å². The topological polar surface area (TPSA) is 110 Å². The van der Waals surface area contributed by atoms with Gasteiger partial charge in [-0.25, -0.2) is 10.3 Å². The van der Waals surface area contributed by atoms with Gasteiger partial charge in [0, 0.05) is 25.6 Å². The SMILES string of the molecule is CC(=O)N/C(Nc1ccc(NC(C)=O)cc1)=[NH+]/c1nc(C)cc(C)n1. The molecule has 0 aliphatic carbocycles. The molecule has 2 rings (SSSR count). The molecule has 0 aliphatic rings. The summed E-state index contributed by atoms with van der Waals surface area (Å²) in [5.41, 5.74) is 3.04. The number of amides is 2. The van der Waals surface area contributed by atoms with Crippen LogP contribution in [0.5, 0.6) is 0 Å². The Morgan fingerprint density at radius 2 is 1.40 bits per heavy atom. The van der Waals surface area contributed by atoms with Crippen molar-refractivity contribution in [2.24, 2.45) is 0 Å². The maximum atomic E-state index is 11.4. The Morgan fingerprint density at radius 1 is 0.880 bits per heavy atom. The number of hydrogen-bond acceptors (Lipinski definition) is 4. The third-order valence-corrected chi connectivity index (χ3v) is 2.99. The van der Waals surface area contributed by atoms with Gasteiger partial charge in [-0.15, -0.1) is 9.97 Å². The minimum atomic E-state index is -0.241. The van der Waals surface area contributed by atoms with E-state index in [1.54, 1.807) is 24.3 Å². The lowest BCUT2D eigenvalue weighted by molar-refractivity contribution is -0.366. The molecule has 0 radical (unpaired) electrons. The molecule has 1 aromatic heterocycles. The van der Waals surface area contributed by atoms with Gasteiger partial charge in [0.05, 0.1) is 17.1 Å². The summed E-state index contributed by atoms with van der Waals surface area (Å²) in [4.78, 5) is 34.0. The molecule has 0 fully saturated rings. The molecule has 8 nitrogen and oxygen atoms in total. The maximum absolute atomic E-state index is 11.4. The number of benzene rings is 1. The Morgan fingerprint density at radius 3 is 1.88 bits per heavy atom. The largest absolute Gasteiger partial charge is 0.354 e. The van der Waals surface area contributed by atoms with E-state index in [0.29, 0.717) is 17.6 Å². The lowest BCUT2D eigenvalue weighted by Gasteiger charge is -2.07. The number of anilines is 2. The smallest absolute Gasteiger partial charge is 0.326 e. The van der Waals surface area contributed by atoms with Crippen molar-refractivity contribution in [3.05, 3.63) is 41.7 Å². The molecule has 0 unspecified atom stereocenters. The molecule has 25 heavy (non-hydrogen) atoms. The number of carbonyl (C=O) groups is 2. The van der Waals surface area contributed by atoms with Gasteiger partial charge in [0.25, 0.3) is 11.9 Å². The van der Waals surface area contributed by atoms with Gasteiger partial charge in [0.1, 0.15) is 0 Å². The molecule has 0 saturated heterocycles. The predicted molar refractivity (Wildman–Crippen MR) is 95.3 cm³/mol. The Balaban J connectivity index is 2.23. The lowest BCUT2D eigenvalue weighted by Crippen LogP contribution is -2.74. The summed E-state index contributed by atoms with van der Waals surface area (Å²) in [7, 11) is 0. The molecule has 0 saturated carbocycles. The Labute approximate surface area is 145 Å². The fourth-order valence-corrected chi connectivity index (χ4v) is 2.15. The summed E-state index contributed by atoms with van der Waals surface area (Å²) in [6.45, 7) is 6.59. The zero-order chi connectivity index (χ0) is 18.4. The molecule has 8 heteroatoms. The molecule has 2 aromatic rings. The molecular weight excluding hydrogens is 320 g/mol. The van der Waals surface area contributed by atoms with E-state index in [0.717, 1.165) is 17.1 Å². The van der Waals surface area contributed by atoms with Crippen molar-refractivity contribution < 1.29 is 14.6 Å². The van der Waals surface area contributed by atoms with Gasteiger partial charge >= 0.3 is 5.95 Å². The standard InChI is InChI=1S/C17H20N6O2/c1-10-9-11(2)19-16(18-10)23-17(21-13(4)25)22-15-7-5-14(6-8-15)20-12(3)24/h5-9H,1-4H3,(H,20,24)(H2,18,19,21,22,23,25)/p+1. The Kier molecular flexibility index (Phi) is 5.78. The zero-order valence-electron chi connectivity index (χ0n) is 14.6. The monoisotopic (exact) mass is 341 g/mol. The summed E-state index contributed by atoms with van der Waals surface area (Å²) in [5.74, 6) is 0.336. The molecule has 1 heterocycles. The summed E-state index contributed by atoms with van der Waals surface area (Å²) in [6, 6.07) is 8.91. The van der Waals surface area contributed by atoms with Crippen LogP contribution in [0.4, 0.5) is 17.3 Å². The third-order valence-electron chi connectivity index (χ3n) is 2.99. The highest BCUT2D eigenvalue weighted by molar-refractivity contribution is 6.00. The highest BCUT2D eigenvalue weighted by atomic mass is 16.2. The molecule has 0 bridgehead atoms. The molecule has 130 valence electrons. The van der Waals surface area contributed by atoms with Crippen LogP contribution in [0.15, 0.2) is 30.3 Å². The second-order valence-electron chi connectivity index (χ2n) is 5.54. The second-order valence-corrected chi connectivity index (χ2v) is 5.54. The summed E-state index contributed by atoms with van der Waals surface area (Å²) in [5, 5.41) is 8.42. The van der Waals surface area contributed by atoms with E-state index in [2.05, 4.69) is 30.9 Å². The van der Waals surface area contributed by atoms with Crippen LogP contribution in [-0.4, -0.2) is 27.7 Å². The van der Waals surface area contributed by atoms with Crippen LogP contribution >= 0.6 is 0 Å². The first-order valence-electron chi connectivity index (χ1n) is 7.70. The van der Waals surface area contributed by atoms with Crippen molar-refractivity contribution in [2.45, 2.75) is 27.7 Å². The average molecular weight is 341 g/mol. The number of nitrogens with zero attached hydrogens (tertiary/aromatic N) is 2. The van der Waals surface area contributed by atoms with E-state index in [1.807, 2.05) is 19.9 Å². The first-order chi connectivity index (χ1) is 11.8. The van der Waals surface area contributed by atoms with Crippen molar-refractivity contribution in [3.63, 3.8) is 0 Å². The normalized spacial score (nSPS) is 11.0. The van der Waals surface area contributed by atoms with Gasteiger partial charge in [-0.1, -0.05) is 0 Å². The van der Waals surface area contributed by atoms with Crippen LogP contribution in [0.1, 0.15) is 25.2 Å². The molecule has 0 atom stereocenters. The van der Waals surface area contributed by atoms with Crippen LogP contribution in [0.2, 0.25) is 0 Å². The third kappa shape index (κ3) is 6.02. The maximum Gasteiger partial charge on any atom is 0.354 e. The lowest BCUT2D eigenvalue weighted by atomic mass is 10.3. The quantitative estimate of drug-likeness (QED) is 0.476. The van der Waals surface area contributed by atoms with E-state index >= 15 is 0 Å². The van der Waals surface area contributed by atoms with Crippen molar-refractivity contribution in [1.82, 2.24) is 15.3 Å². The molecular formula is C17H21N6O2+. The summed E-state index contributed by atoms with van der Waals surface area (Å²) >= 11 is 0. The predicted octanol–water partition coefficient (Wildman–Crippen LogP) is 0.368. The fraction of sp³-hybridized carbons (Fsp3) is 0.235. The fourth-order valence-electron chi connectivity index (χ4n) is 2.15. The van der Waals surface area contributed by atoms with Crippen LogP contribution in [-0.2, 0) is 9.59 Å². The Bertz CT molecular complexity index is 794. The first kappa shape index (κ1) is 18.1. The van der Waals surface area contributed by atoms with Crippen LogP contribution in [0.3, 0.4) is 0 Å². The van der Waals surface area contributed by atoms with Gasteiger partial charge in [-0.05, 0) is 38.1 Å². The number of nitrogens with one attached hydrogen (secondary N) is 4. The highest BCUT2D eigenvalue weighted by Crippen LogP contribution is 2.13. The number of carbonyl (C=O) groups excluding carboxylic acids is 2. The highest BCUT2D eigenvalue weighted by Gasteiger charge is 2.11. The molecule has 4 N–H and O–H groups in total. The summed E-state index contributed by atoms with van der Waals surface area (Å²) < 4.78 is 0. The summed E-state index contributed by atoms with van der Waals surface area (Å²) in [6.07, 6.45) is 0. The van der Waals surface area contributed by atoms with Gasteiger partial charge in [0.15, 0.2) is 0 Å². The zero-order valence-corrected chi connectivity index (χ0v) is 14.6. The average Bonchev–Trinajstić information content (AvgIpc) is 2.47. The van der Waals surface area contributed by atoms with E-state index < -0.39 is 0 Å². The first-order valence-corrected chi connectivity index (χ1v) is 7.70. The number of rotatable bonds is 3. The van der Waals surface area contributed by atoms with E-state index in [9.17, 15) is 9.59 Å². The van der Waals surface area contributed by atoms with Crippen LogP contribution < -0.4 is 20.9 Å². The van der Waals surface area contributed by atoms with Crippen LogP contribution in [0.25, 0.3) is 0 Å². The number of aryl methyl sites for hydroxylation is 2. The van der Waals surface area contributed by atoms with Crippen LogP contribution in [0, 0.1) is 13.8 Å². The van der Waals surface area contributed by atoms with Gasteiger partial charge in [-0.2, -0.15) is 0 Å². The molecule has 2 amide bonds. The van der Waals surface area contributed by atoms with Crippen molar-refractivity contribution in [3.8, 4) is 0 Å². The van der Waals surface area contributed by atoms with E-state index in [1.165, 1.54) is 13.8 Å². The van der Waals surface area contributed by atoms with Gasteiger partial charge in [0.2, 0.25) is 5.91 Å². The molecule has 1 aromatic carbocycles. The van der Waals surface area contributed by atoms with Crippen molar-refractivity contribution in [2.75, 3.05) is 10.6 Å². The van der Waals surface area contributed by atoms with Gasteiger partial charge < -0.3 is 5.32 Å². The van der Waals surface area contributed by atoms with Gasteiger partial charge in [-0.3, -0.25) is 14.9 Å². The van der Waals surface area contributed by atoms with Crippen molar-refractivity contribution >= 4 is 35.1 Å². The second kappa shape index (κ2) is 8.00. The molecule has 0 spiro atoms. The minimum Gasteiger partial charge on any atom is -0.326 e. The number of guanidine groups is 1. The molecule has 0 aliphatic heterocycles. The Hall–Kier alpha value is -3.29. The minimum absolute atomic E-state index is 0.139. The van der Waals surface area contributed by atoms with E-state index in [-0.39, 0.29) is 11.8 Å². The number of aromatic nitrogens is 2.